The van der Waals surface area contributed by atoms with Crippen LogP contribution in [0, 0.1) is 0 Å². The molecule has 0 saturated heterocycles. The van der Waals surface area contributed by atoms with Crippen LogP contribution in [0.2, 0.25) is 0 Å². The van der Waals surface area contributed by atoms with E-state index in [-0.39, 0.29) is 25.3 Å². The fourth-order valence-electron chi connectivity index (χ4n) is 2.92. The van der Waals surface area contributed by atoms with Crippen LogP contribution >= 0.6 is 0 Å². The number of rotatable bonds is 10. The zero-order valence-electron chi connectivity index (χ0n) is 16.7. The number of carbonyl (C=O) groups is 2. The third-order valence-corrected chi connectivity index (χ3v) is 4.42. The van der Waals surface area contributed by atoms with Crippen LogP contribution in [-0.2, 0) is 35.6 Å². The van der Waals surface area contributed by atoms with E-state index in [9.17, 15) is 24.0 Å². The van der Waals surface area contributed by atoms with Gasteiger partial charge in [0.2, 0.25) is 5.91 Å². The lowest BCUT2D eigenvalue weighted by atomic mass is 10.0. The Kier molecular flexibility index (Phi) is 7.62. The first-order valence-electron chi connectivity index (χ1n) is 9.30. The van der Waals surface area contributed by atoms with E-state index < -0.39 is 35.6 Å². The average Bonchev–Trinajstić information content (AvgIpc) is 2.72. The number of benzene rings is 1. The van der Waals surface area contributed by atoms with Crippen molar-refractivity contribution in [2.24, 2.45) is 0 Å². The van der Waals surface area contributed by atoms with Crippen molar-refractivity contribution in [3.8, 4) is 0 Å². The SMILES string of the molecule is C=CCn1c(=O)n(CC=C)c(=O)n(CC(=O)N[C@H](Cc2ccccc2)C(C)=O)c1=O. The van der Waals surface area contributed by atoms with Gasteiger partial charge >= 0.3 is 17.1 Å². The molecule has 2 aromatic rings. The number of hydrogen-bond donors (Lipinski definition) is 1. The Morgan fingerprint density at radius 3 is 1.90 bits per heavy atom. The number of Topliss-reactive ketones (excluding diaryl/α,β-unsaturated/α-hetero) is 1. The number of allylic oxidation sites excluding steroid dienone is 2. The van der Waals surface area contributed by atoms with Gasteiger partial charge in [-0.15, -0.1) is 13.2 Å². The molecular formula is C21H24N4O5. The van der Waals surface area contributed by atoms with Gasteiger partial charge in [0.15, 0.2) is 5.78 Å². The van der Waals surface area contributed by atoms with Gasteiger partial charge in [-0.25, -0.2) is 28.1 Å². The summed E-state index contributed by atoms with van der Waals surface area (Å²) in [4.78, 5) is 62.1. The molecule has 1 aromatic heterocycles. The van der Waals surface area contributed by atoms with Gasteiger partial charge in [-0.05, 0) is 18.9 Å². The molecule has 0 aliphatic heterocycles. The van der Waals surface area contributed by atoms with Gasteiger partial charge in [-0.3, -0.25) is 9.59 Å². The first kappa shape index (κ1) is 22.5. The van der Waals surface area contributed by atoms with Gasteiger partial charge in [-0.2, -0.15) is 0 Å². The Morgan fingerprint density at radius 2 is 1.43 bits per heavy atom. The van der Waals surface area contributed by atoms with Crippen molar-refractivity contribution in [1.82, 2.24) is 19.0 Å². The van der Waals surface area contributed by atoms with Crippen molar-refractivity contribution in [3.63, 3.8) is 0 Å². The number of aromatic nitrogens is 3. The summed E-state index contributed by atoms with van der Waals surface area (Å²) in [5.41, 5.74) is -1.82. The Hall–Kier alpha value is -3.75. The number of carbonyl (C=O) groups excluding carboxylic acids is 2. The van der Waals surface area contributed by atoms with E-state index >= 15 is 0 Å². The summed E-state index contributed by atoms with van der Waals surface area (Å²) in [6.07, 6.45) is 2.94. The minimum atomic E-state index is -0.928. The van der Waals surface area contributed by atoms with Crippen LogP contribution in [0.5, 0.6) is 0 Å². The van der Waals surface area contributed by atoms with Crippen molar-refractivity contribution in [3.05, 3.63) is 92.7 Å². The highest BCUT2D eigenvalue weighted by Crippen LogP contribution is 2.04. The Bertz CT molecular complexity index is 1080. The van der Waals surface area contributed by atoms with Crippen LogP contribution in [0.25, 0.3) is 0 Å². The second-order valence-electron chi connectivity index (χ2n) is 6.65. The molecule has 30 heavy (non-hydrogen) atoms. The highest BCUT2D eigenvalue weighted by atomic mass is 16.2. The topological polar surface area (TPSA) is 112 Å². The van der Waals surface area contributed by atoms with E-state index in [4.69, 9.17) is 0 Å². The second kappa shape index (κ2) is 10.1. The molecule has 9 heteroatoms. The molecule has 1 atom stereocenters. The van der Waals surface area contributed by atoms with Gasteiger partial charge in [0.1, 0.15) is 6.54 Å². The van der Waals surface area contributed by atoms with Crippen molar-refractivity contribution in [2.45, 2.75) is 39.0 Å². The zero-order chi connectivity index (χ0) is 22.3. The van der Waals surface area contributed by atoms with Crippen molar-refractivity contribution in [2.75, 3.05) is 0 Å². The number of nitrogens with one attached hydrogen (secondary N) is 1. The normalized spacial score (nSPS) is 11.5. The molecule has 0 fully saturated rings. The molecule has 0 radical (unpaired) electrons. The quantitative estimate of drug-likeness (QED) is 0.546. The maximum Gasteiger partial charge on any atom is 0.337 e. The third-order valence-electron chi connectivity index (χ3n) is 4.42. The summed E-state index contributed by atoms with van der Waals surface area (Å²) in [6, 6.07) is 8.31. The fraction of sp³-hybridized carbons (Fsp3) is 0.286. The molecule has 0 bridgehead atoms. The Balaban J connectivity index is 2.34. The van der Waals surface area contributed by atoms with E-state index in [0.717, 1.165) is 14.7 Å². The van der Waals surface area contributed by atoms with Crippen LogP contribution in [0.4, 0.5) is 0 Å². The van der Waals surface area contributed by atoms with Gasteiger partial charge < -0.3 is 5.32 Å². The van der Waals surface area contributed by atoms with E-state index in [2.05, 4.69) is 18.5 Å². The number of hydrogen-bond acceptors (Lipinski definition) is 5. The average molecular weight is 412 g/mol. The lowest BCUT2D eigenvalue weighted by Crippen LogP contribution is -2.56. The van der Waals surface area contributed by atoms with Crippen LogP contribution in [0.15, 0.2) is 70.0 Å². The standard InChI is InChI=1S/C21H24N4O5/c1-4-11-23-19(28)24(12-5-2)21(30)25(20(23)29)14-18(27)22-17(15(3)26)13-16-9-7-6-8-10-16/h4-10,17H,1-2,11-14H2,3H3,(H,22,27)/t17-/m1/s1. The molecule has 0 aliphatic rings. The maximum absolute atomic E-state index is 12.6. The summed E-state index contributed by atoms with van der Waals surface area (Å²) in [6.45, 7) is 7.45. The van der Waals surface area contributed by atoms with E-state index in [0.29, 0.717) is 4.57 Å². The van der Waals surface area contributed by atoms with Crippen molar-refractivity contribution < 1.29 is 9.59 Å². The Morgan fingerprint density at radius 1 is 0.933 bits per heavy atom. The smallest absolute Gasteiger partial charge is 0.337 e. The minimum absolute atomic E-state index is 0.124. The van der Waals surface area contributed by atoms with Gasteiger partial charge in [0.05, 0.1) is 19.1 Å². The first-order chi connectivity index (χ1) is 14.3. The summed E-state index contributed by atoms with van der Waals surface area (Å²) in [5, 5.41) is 2.56. The molecular weight excluding hydrogens is 388 g/mol. The Labute approximate surface area is 172 Å². The van der Waals surface area contributed by atoms with Crippen LogP contribution in [-0.4, -0.2) is 31.4 Å². The highest BCUT2D eigenvalue weighted by Gasteiger charge is 2.21. The number of amides is 1. The first-order valence-corrected chi connectivity index (χ1v) is 9.30. The number of nitrogens with zero attached hydrogens (tertiary/aromatic N) is 3. The van der Waals surface area contributed by atoms with Gasteiger partial charge in [0.25, 0.3) is 0 Å². The predicted octanol–water partition coefficient (Wildman–Crippen LogP) is -0.140. The molecule has 1 amide bonds. The van der Waals surface area contributed by atoms with Crippen LogP contribution in [0.1, 0.15) is 12.5 Å². The van der Waals surface area contributed by atoms with Gasteiger partial charge in [0, 0.05) is 0 Å². The molecule has 0 saturated carbocycles. The molecule has 2 rings (SSSR count). The minimum Gasteiger partial charge on any atom is -0.344 e. The zero-order valence-corrected chi connectivity index (χ0v) is 16.7. The van der Waals surface area contributed by atoms with Crippen molar-refractivity contribution >= 4 is 11.7 Å². The summed E-state index contributed by atoms with van der Waals surface area (Å²) in [5.74, 6) is -0.959. The lowest BCUT2D eigenvalue weighted by molar-refractivity contribution is -0.127. The summed E-state index contributed by atoms with van der Waals surface area (Å²) >= 11 is 0. The van der Waals surface area contributed by atoms with E-state index in [1.165, 1.54) is 19.1 Å². The van der Waals surface area contributed by atoms with E-state index in [1.807, 2.05) is 30.3 Å². The van der Waals surface area contributed by atoms with Crippen LogP contribution in [0.3, 0.4) is 0 Å². The largest absolute Gasteiger partial charge is 0.344 e. The number of ketones is 1. The molecule has 0 unspecified atom stereocenters. The molecule has 0 aliphatic carbocycles. The molecule has 1 N–H and O–H groups in total. The molecule has 9 nitrogen and oxygen atoms in total. The van der Waals surface area contributed by atoms with E-state index in [1.54, 1.807) is 0 Å². The van der Waals surface area contributed by atoms with Crippen molar-refractivity contribution in [1.29, 1.82) is 0 Å². The highest BCUT2D eigenvalue weighted by molar-refractivity contribution is 5.87. The lowest BCUT2D eigenvalue weighted by Gasteiger charge is -2.17. The second-order valence-corrected chi connectivity index (χ2v) is 6.65. The summed E-state index contributed by atoms with van der Waals surface area (Å²) < 4.78 is 2.26. The molecule has 1 aromatic carbocycles. The maximum atomic E-state index is 12.6. The molecule has 158 valence electrons. The van der Waals surface area contributed by atoms with Gasteiger partial charge in [-0.1, -0.05) is 42.5 Å². The predicted molar refractivity (Wildman–Crippen MR) is 112 cm³/mol. The molecule has 1 heterocycles. The summed E-state index contributed by atoms with van der Waals surface area (Å²) in [7, 11) is 0. The fourth-order valence-corrected chi connectivity index (χ4v) is 2.92. The van der Waals surface area contributed by atoms with Crippen LogP contribution < -0.4 is 22.4 Å². The monoisotopic (exact) mass is 412 g/mol. The molecule has 0 spiro atoms. The third kappa shape index (κ3) is 5.19.